The summed E-state index contributed by atoms with van der Waals surface area (Å²) in [5.74, 6) is 0. The molecule has 26 heavy (non-hydrogen) atoms. The van der Waals surface area contributed by atoms with Gasteiger partial charge in [-0.05, 0) is 45.0 Å². The Balaban J connectivity index is 1.91. The van der Waals surface area contributed by atoms with Crippen molar-refractivity contribution in [3.05, 3.63) is 73.1 Å². The van der Waals surface area contributed by atoms with Crippen LogP contribution in [0.15, 0.2) is 73.1 Å². The summed E-state index contributed by atoms with van der Waals surface area (Å²) in [6, 6.07) is 21.0. The van der Waals surface area contributed by atoms with Crippen LogP contribution in [-0.2, 0) is 0 Å². The number of pyridine rings is 2. The molecule has 0 N–H and O–H groups in total. The van der Waals surface area contributed by atoms with Crippen LogP contribution in [0.5, 0.6) is 0 Å². The van der Waals surface area contributed by atoms with Crippen LogP contribution in [0.3, 0.4) is 0 Å². The van der Waals surface area contributed by atoms with Crippen molar-refractivity contribution in [2.45, 2.75) is 0 Å². The molecule has 0 atom stereocenters. The Labute approximate surface area is 155 Å². The second kappa shape index (κ2) is 5.06. The smallest absolute Gasteiger partial charge is 0.254 e. The second-order valence-corrected chi connectivity index (χ2v) is 7.13. The van der Waals surface area contributed by atoms with Gasteiger partial charge in [0, 0.05) is 23.2 Å². The number of rotatable bonds is 0. The number of halogens is 1. The fourth-order valence-corrected chi connectivity index (χ4v) is 4.78. The van der Waals surface area contributed by atoms with E-state index in [2.05, 4.69) is 58.5 Å². The van der Waals surface area contributed by atoms with Gasteiger partial charge in [0.25, 0.3) is 0 Å². The van der Waals surface area contributed by atoms with E-state index in [1.807, 2.05) is 24.5 Å². The van der Waals surface area contributed by atoms with E-state index in [1.165, 1.54) is 32.8 Å². The molecule has 4 heteroatoms. The molecule has 5 aromatic rings. The maximum atomic E-state index is 6.97. The normalized spacial score (nSPS) is 12.7. The molecule has 2 nitrogen and oxygen atoms in total. The van der Waals surface area contributed by atoms with Crippen LogP contribution in [-0.4, -0.2) is 16.1 Å². The van der Waals surface area contributed by atoms with Gasteiger partial charge in [-0.1, -0.05) is 48.5 Å². The van der Waals surface area contributed by atoms with Crippen LogP contribution in [0.1, 0.15) is 0 Å². The largest absolute Gasteiger partial charge is 0.317 e. The van der Waals surface area contributed by atoms with Gasteiger partial charge in [0.15, 0.2) is 0 Å². The molecule has 3 aromatic carbocycles. The molecule has 0 saturated heterocycles. The molecule has 0 radical (unpaired) electrons. The maximum absolute atomic E-state index is 6.97. The van der Waals surface area contributed by atoms with Crippen LogP contribution in [0, 0.1) is 0 Å². The van der Waals surface area contributed by atoms with Gasteiger partial charge < -0.3 is 0 Å². The first kappa shape index (κ1) is 14.3. The summed E-state index contributed by atoms with van der Waals surface area (Å²) >= 11 is 6.97. The van der Waals surface area contributed by atoms with E-state index >= 15 is 0 Å². The summed E-state index contributed by atoms with van der Waals surface area (Å²) in [4.78, 5) is 9.27. The third-order valence-electron chi connectivity index (χ3n) is 5.42. The van der Waals surface area contributed by atoms with Gasteiger partial charge >= 0.3 is 6.13 Å². The van der Waals surface area contributed by atoms with E-state index in [9.17, 15) is 0 Å². The minimum absolute atomic E-state index is 0.151. The van der Waals surface area contributed by atoms with Gasteiger partial charge in [-0.15, -0.1) is 0 Å². The number of aromatic nitrogens is 2. The van der Waals surface area contributed by atoms with Gasteiger partial charge in [-0.2, -0.15) is 11.5 Å². The molecule has 0 amide bonds. The monoisotopic (exact) mass is 350 g/mol. The first-order valence-corrected chi connectivity index (χ1v) is 9.09. The van der Waals surface area contributed by atoms with Crippen molar-refractivity contribution in [1.82, 2.24) is 9.97 Å². The highest BCUT2D eigenvalue weighted by Crippen LogP contribution is 2.36. The first-order chi connectivity index (χ1) is 12.8. The van der Waals surface area contributed by atoms with E-state index in [0.29, 0.717) is 0 Å². The lowest BCUT2D eigenvalue weighted by atomic mass is 9.64. The third-order valence-corrected chi connectivity index (χ3v) is 5.88. The fraction of sp³-hybridized carbons (Fsp3) is 0. The van der Waals surface area contributed by atoms with E-state index < -0.39 is 0 Å². The molecular weight excluding hydrogens is 339 g/mol. The van der Waals surface area contributed by atoms with Gasteiger partial charge in [0.2, 0.25) is 0 Å². The molecule has 2 aromatic heterocycles. The van der Waals surface area contributed by atoms with Crippen molar-refractivity contribution < 1.29 is 0 Å². The zero-order valence-corrected chi connectivity index (χ0v) is 14.5. The number of fused-ring (bicyclic) bond motifs is 10. The van der Waals surface area contributed by atoms with E-state index in [1.54, 1.807) is 0 Å². The van der Waals surface area contributed by atoms with Gasteiger partial charge in [-0.3, -0.25) is 9.97 Å². The van der Waals surface area contributed by atoms with Crippen LogP contribution in [0.25, 0.3) is 43.7 Å². The van der Waals surface area contributed by atoms with Gasteiger partial charge in [-0.25, -0.2) is 0 Å². The molecule has 0 saturated carbocycles. The number of hydrogen-bond donors (Lipinski definition) is 0. The van der Waals surface area contributed by atoms with Crippen LogP contribution >= 0.6 is 11.5 Å². The summed E-state index contributed by atoms with van der Waals surface area (Å²) < 4.78 is 0. The van der Waals surface area contributed by atoms with Crippen molar-refractivity contribution in [2.24, 2.45) is 0 Å². The van der Waals surface area contributed by atoms with Crippen molar-refractivity contribution in [2.75, 3.05) is 0 Å². The molecule has 1 aliphatic heterocycles. The van der Waals surface area contributed by atoms with E-state index in [4.69, 9.17) is 11.5 Å². The van der Waals surface area contributed by atoms with E-state index in [0.717, 1.165) is 21.8 Å². The Hall–Kier alpha value is -2.91. The first-order valence-electron chi connectivity index (χ1n) is 8.66. The molecule has 120 valence electrons. The van der Waals surface area contributed by atoms with Crippen molar-refractivity contribution >= 4 is 61.1 Å². The minimum Gasteiger partial charge on any atom is -0.254 e. The van der Waals surface area contributed by atoms with Crippen molar-refractivity contribution in [1.29, 1.82) is 0 Å². The summed E-state index contributed by atoms with van der Waals surface area (Å²) in [6.45, 7) is 0. The zero-order chi connectivity index (χ0) is 17.3. The Morgan fingerprint density at radius 3 is 2.23 bits per heavy atom. The molecule has 6 rings (SSSR count). The Bertz CT molecular complexity index is 1330. The molecule has 0 fully saturated rings. The molecule has 1 aliphatic rings. The highest BCUT2D eigenvalue weighted by molar-refractivity contribution is 7.24. The summed E-state index contributed by atoms with van der Waals surface area (Å²) in [6.07, 6.45) is 3.51. The highest BCUT2D eigenvalue weighted by Gasteiger charge is 2.33. The van der Waals surface area contributed by atoms with E-state index in [-0.39, 0.29) is 6.13 Å². The average molecular weight is 351 g/mol. The quantitative estimate of drug-likeness (QED) is 0.308. The van der Waals surface area contributed by atoms with Gasteiger partial charge in [0.05, 0.1) is 11.0 Å². The summed E-state index contributed by atoms with van der Waals surface area (Å²) in [5.41, 5.74) is 6.70. The topological polar surface area (TPSA) is 25.8 Å². The maximum Gasteiger partial charge on any atom is 0.317 e. The molecule has 0 spiro atoms. The Morgan fingerprint density at radius 1 is 0.654 bits per heavy atom. The van der Waals surface area contributed by atoms with Crippen LogP contribution in [0.4, 0.5) is 0 Å². The highest BCUT2D eigenvalue weighted by atomic mass is 35.5. The zero-order valence-electron chi connectivity index (χ0n) is 13.8. The SMILES string of the molecule is ClB1c2ccccc2-c2ccc3c4cccnc4c4ncccc4c3c21. The molecule has 0 aliphatic carbocycles. The lowest BCUT2D eigenvalue weighted by molar-refractivity contribution is 1.38. The number of benzene rings is 3. The number of nitrogens with zero attached hydrogens (tertiary/aromatic N) is 2. The Morgan fingerprint density at radius 2 is 1.38 bits per heavy atom. The van der Waals surface area contributed by atoms with Crippen molar-refractivity contribution in [3.8, 4) is 11.1 Å². The Kier molecular flexibility index (Phi) is 2.78. The van der Waals surface area contributed by atoms with Crippen LogP contribution < -0.4 is 10.9 Å². The predicted molar refractivity (Wildman–Crippen MR) is 111 cm³/mol. The second-order valence-electron chi connectivity index (χ2n) is 6.70. The molecule has 0 unspecified atom stereocenters. The molecule has 0 bridgehead atoms. The average Bonchev–Trinajstić information content (AvgIpc) is 3.01. The minimum atomic E-state index is -0.151. The molecular formula is C22H12BClN2. The lowest BCUT2D eigenvalue weighted by Gasteiger charge is -2.13. The summed E-state index contributed by atoms with van der Waals surface area (Å²) in [5, 5.41) is 4.62. The lowest BCUT2D eigenvalue weighted by Crippen LogP contribution is -2.32. The standard InChI is InChI=1S/C22H12BClN2/c24-23-18-8-2-1-5-13(18)15-10-9-14-16-6-3-11-25-21(16)22-17(7-4-12-26-22)19(14)20(15)23/h1-12H. The molecule has 3 heterocycles. The number of hydrogen-bond acceptors (Lipinski definition) is 2. The van der Waals surface area contributed by atoms with Crippen molar-refractivity contribution in [3.63, 3.8) is 0 Å². The fourth-order valence-electron chi connectivity index (χ4n) is 4.36. The predicted octanol–water partition coefficient (Wildman–Crippen LogP) is 4.26. The van der Waals surface area contributed by atoms with Gasteiger partial charge in [0.1, 0.15) is 0 Å². The third kappa shape index (κ3) is 1.69. The van der Waals surface area contributed by atoms with Crippen LogP contribution in [0.2, 0.25) is 0 Å². The summed E-state index contributed by atoms with van der Waals surface area (Å²) in [7, 11) is 0.